The average molecular weight is 290 g/mol. The van der Waals surface area contributed by atoms with Crippen LogP contribution in [0.15, 0.2) is 66.7 Å². The molecule has 0 aliphatic carbocycles. The number of aromatic hydroxyl groups is 2. The van der Waals surface area contributed by atoms with Gasteiger partial charge >= 0.3 is 0 Å². The number of phenolic OH excluding ortho intramolecular Hbond substituents is 2. The zero-order chi connectivity index (χ0) is 15.5. The Balaban J connectivity index is 1.87. The molecule has 3 rings (SSSR count). The molecule has 2 N–H and O–H groups in total. The lowest BCUT2D eigenvalue weighted by atomic mass is 10.0. The molecule has 0 bridgehead atoms. The molecule has 0 atom stereocenters. The van der Waals surface area contributed by atoms with Crippen LogP contribution < -0.4 is 0 Å². The summed E-state index contributed by atoms with van der Waals surface area (Å²) < 4.78 is 0. The first kappa shape index (κ1) is 13.9. The Morgan fingerprint density at radius 2 is 1.64 bits per heavy atom. The molecular formula is C19H14O3. The summed E-state index contributed by atoms with van der Waals surface area (Å²) in [7, 11) is 0. The number of fused-ring (bicyclic) bond motifs is 1. The van der Waals surface area contributed by atoms with Crippen molar-refractivity contribution in [1.82, 2.24) is 0 Å². The van der Waals surface area contributed by atoms with Gasteiger partial charge in [-0.3, -0.25) is 4.79 Å². The lowest BCUT2D eigenvalue weighted by Gasteiger charge is -2.01. The number of hydrogen-bond acceptors (Lipinski definition) is 3. The summed E-state index contributed by atoms with van der Waals surface area (Å²) in [6.07, 6.45) is 3.12. The molecule has 0 aliphatic heterocycles. The van der Waals surface area contributed by atoms with Crippen molar-refractivity contribution in [1.29, 1.82) is 0 Å². The largest absolute Gasteiger partial charge is 0.508 e. The lowest BCUT2D eigenvalue weighted by Crippen LogP contribution is -1.94. The highest BCUT2D eigenvalue weighted by Crippen LogP contribution is 2.23. The third-order valence-corrected chi connectivity index (χ3v) is 3.45. The highest BCUT2D eigenvalue weighted by atomic mass is 16.3. The maximum atomic E-state index is 12.1. The van der Waals surface area contributed by atoms with E-state index >= 15 is 0 Å². The van der Waals surface area contributed by atoms with E-state index in [1.165, 1.54) is 18.2 Å². The predicted molar refractivity (Wildman–Crippen MR) is 87.1 cm³/mol. The number of carbonyl (C=O) groups is 1. The number of allylic oxidation sites excluding steroid dienone is 1. The third kappa shape index (κ3) is 2.83. The quantitative estimate of drug-likeness (QED) is 0.563. The molecule has 0 saturated carbocycles. The van der Waals surface area contributed by atoms with Gasteiger partial charge in [0.2, 0.25) is 0 Å². The maximum absolute atomic E-state index is 12.1. The molecule has 0 saturated heterocycles. The molecule has 0 aromatic heterocycles. The fourth-order valence-electron chi connectivity index (χ4n) is 2.30. The topological polar surface area (TPSA) is 57.5 Å². The Kier molecular flexibility index (Phi) is 3.62. The second-order valence-electron chi connectivity index (χ2n) is 5.01. The molecular weight excluding hydrogens is 276 g/mol. The summed E-state index contributed by atoms with van der Waals surface area (Å²) in [5.74, 6) is -0.619. The van der Waals surface area contributed by atoms with Crippen LogP contribution in [0, 0.1) is 0 Å². The molecule has 0 spiro atoms. The molecule has 3 heteroatoms. The molecule has 0 radical (unpaired) electrons. The van der Waals surface area contributed by atoms with Gasteiger partial charge in [-0.05, 0) is 40.6 Å². The number of hydrogen-bond donors (Lipinski definition) is 2. The van der Waals surface area contributed by atoms with Gasteiger partial charge in [-0.2, -0.15) is 0 Å². The number of benzene rings is 3. The Morgan fingerprint density at radius 3 is 2.41 bits per heavy atom. The lowest BCUT2D eigenvalue weighted by molar-refractivity contribution is 0.104. The maximum Gasteiger partial charge on any atom is 0.189 e. The third-order valence-electron chi connectivity index (χ3n) is 3.45. The molecule has 3 aromatic rings. The minimum absolute atomic E-state index is 0.0763. The van der Waals surface area contributed by atoms with Crippen molar-refractivity contribution in [2.45, 2.75) is 0 Å². The fraction of sp³-hybridized carbons (Fsp3) is 0. The average Bonchev–Trinajstić information content (AvgIpc) is 2.52. The number of phenols is 2. The molecule has 0 heterocycles. The normalized spacial score (nSPS) is 11.1. The summed E-state index contributed by atoms with van der Waals surface area (Å²) >= 11 is 0. The van der Waals surface area contributed by atoms with Crippen molar-refractivity contribution in [3.05, 3.63) is 77.9 Å². The molecule has 0 unspecified atom stereocenters. The Hall–Kier alpha value is -3.07. The zero-order valence-electron chi connectivity index (χ0n) is 11.7. The SMILES string of the molecule is O=C(/C=C/c1ccc2ccccc2c1)c1ccc(O)cc1O. The minimum Gasteiger partial charge on any atom is -0.508 e. The van der Waals surface area contributed by atoms with Crippen LogP contribution in [0.2, 0.25) is 0 Å². The van der Waals surface area contributed by atoms with Crippen molar-refractivity contribution in [3.63, 3.8) is 0 Å². The Labute approximate surface area is 127 Å². The molecule has 22 heavy (non-hydrogen) atoms. The summed E-state index contributed by atoms with van der Waals surface area (Å²) in [5, 5.41) is 21.2. The summed E-state index contributed by atoms with van der Waals surface area (Å²) in [5.41, 5.74) is 1.07. The highest BCUT2D eigenvalue weighted by Gasteiger charge is 2.08. The van der Waals surface area contributed by atoms with Gasteiger partial charge in [0, 0.05) is 6.07 Å². The molecule has 0 amide bonds. The van der Waals surface area contributed by atoms with E-state index in [0.717, 1.165) is 22.4 Å². The second-order valence-corrected chi connectivity index (χ2v) is 5.01. The van der Waals surface area contributed by atoms with Gasteiger partial charge in [-0.1, -0.05) is 42.5 Å². The van der Waals surface area contributed by atoms with E-state index in [9.17, 15) is 15.0 Å². The number of rotatable bonds is 3. The summed E-state index contributed by atoms with van der Waals surface area (Å²) in [6.45, 7) is 0. The van der Waals surface area contributed by atoms with Crippen molar-refractivity contribution in [2.75, 3.05) is 0 Å². The van der Waals surface area contributed by atoms with Crippen LogP contribution in [0.5, 0.6) is 11.5 Å². The van der Waals surface area contributed by atoms with Crippen LogP contribution in [0.3, 0.4) is 0 Å². The van der Waals surface area contributed by atoms with Crippen LogP contribution in [0.1, 0.15) is 15.9 Å². The monoisotopic (exact) mass is 290 g/mol. The molecule has 108 valence electrons. The van der Waals surface area contributed by atoms with Gasteiger partial charge in [0.05, 0.1) is 5.56 Å². The zero-order valence-corrected chi connectivity index (χ0v) is 11.7. The van der Waals surface area contributed by atoms with E-state index < -0.39 is 0 Å². The van der Waals surface area contributed by atoms with Gasteiger partial charge in [0.15, 0.2) is 5.78 Å². The van der Waals surface area contributed by atoms with E-state index in [4.69, 9.17) is 0 Å². The standard InChI is InChI=1S/C19H14O3/c20-16-8-9-17(19(22)12-16)18(21)10-6-13-5-7-14-3-1-2-4-15(14)11-13/h1-12,20,22H/b10-6+. The van der Waals surface area contributed by atoms with Crippen molar-refractivity contribution in [2.24, 2.45) is 0 Å². The van der Waals surface area contributed by atoms with Crippen LogP contribution in [0.4, 0.5) is 0 Å². The molecule has 0 aliphatic rings. The van der Waals surface area contributed by atoms with E-state index in [2.05, 4.69) is 0 Å². The molecule has 3 aromatic carbocycles. The van der Waals surface area contributed by atoms with Crippen LogP contribution in [-0.4, -0.2) is 16.0 Å². The predicted octanol–water partition coefficient (Wildman–Crippen LogP) is 4.15. The van der Waals surface area contributed by atoms with Crippen LogP contribution in [-0.2, 0) is 0 Å². The Bertz CT molecular complexity index is 879. The van der Waals surface area contributed by atoms with Crippen molar-refractivity contribution < 1.29 is 15.0 Å². The van der Waals surface area contributed by atoms with Gasteiger partial charge < -0.3 is 10.2 Å². The fourth-order valence-corrected chi connectivity index (χ4v) is 2.30. The van der Waals surface area contributed by atoms with Crippen LogP contribution in [0.25, 0.3) is 16.8 Å². The Morgan fingerprint density at radius 1 is 0.864 bits per heavy atom. The van der Waals surface area contributed by atoms with E-state index in [0.29, 0.717) is 0 Å². The first-order chi connectivity index (χ1) is 10.6. The highest BCUT2D eigenvalue weighted by molar-refractivity contribution is 6.08. The first-order valence-electron chi connectivity index (χ1n) is 6.87. The number of carbonyl (C=O) groups excluding carboxylic acids is 1. The molecule has 0 fully saturated rings. The van der Waals surface area contributed by atoms with Gasteiger partial charge in [-0.15, -0.1) is 0 Å². The van der Waals surface area contributed by atoms with E-state index in [1.807, 2.05) is 42.5 Å². The van der Waals surface area contributed by atoms with Gasteiger partial charge in [0.25, 0.3) is 0 Å². The van der Waals surface area contributed by atoms with Gasteiger partial charge in [-0.25, -0.2) is 0 Å². The van der Waals surface area contributed by atoms with E-state index in [1.54, 1.807) is 6.08 Å². The first-order valence-corrected chi connectivity index (χ1v) is 6.87. The van der Waals surface area contributed by atoms with Gasteiger partial charge in [0.1, 0.15) is 11.5 Å². The van der Waals surface area contributed by atoms with E-state index in [-0.39, 0.29) is 22.8 Å². The van der Waals surface area contributed by atoms with Crippen LogP contribution >= 0.6 is 0 Å². The minimum atomic E-state index is -0.314. The smallest absolute Gasteiger partial charge is 0.189 e. The van der Waals surface area contributed by atoms with Crippen molar-refractivity contribution in [3.8, 4) is 11.5 Å². The summed E-state index contributed by atoms with van der Waals surface area (Å²) in [4.78, 5) is 12.1. The number of ketones is 1. The summed E-state index contributed by atoms with van der Waals surface area (Å²) in [6, 6.07) is 17.8. The van der Waals surface area contributed by atoms with Crippen molar-refractivity contribution >= 4 is 22.6 Å². The second kappa shape index (κ2) is 5.74. The molecule has 3 nitrogen and oxygen atoms in total.